The minimum absolute atomic E-state index is 0.134. The molecule has 0 aliphatic carbocycles. The third kappa shape index (κ3) is 2.88. The third-order valence-corrected chi connectivity index (χ3v) is 6.48. The number of amides is 2. The average molecular weight is 410 g/mol. The normalized spacial score (nSPS) is 18.6. The molecule has 0 bridgehead atoms. The van der Waals surface area contributed by atoms with E-state index in [0.717, 1.165) is 27.7 Å². The Morgan fingerprint density at radius 1 is 1.14 bits per heavy atom. The lowest BCUT2D eigenvalue weighted by Crippen LogP contribution is -2.44. The van der Waals surface area contributed by atoms with Crippen LogP contribution in [0.1, 0.15) is 19.3 Å². The third-order valence-electron chi connectivity index (χ3n) is 6.20. The van der Waals surface area contributed by atoms with Gasteiger partial charge in [0.05, 0.1) is 27.8 Å². The number of rotatable bonds is 2. The fourth-order valence-electron chi connectivity index (χ4n) is 4.55. The smallest absolute Gasteiger partial charge is 0.233 e. The highest BCUT2D eigenvalue weighted by Gasteiger charge is 2.48. The van der Waals surface area contributed by atoms with Crippen LogP contribution in [0.3, 0.4) is 0 Å². The molecule has 4 heterocycles. The number of carbonyl (C=O) groups is 2. The molecule has 1 N–H and O–H groups in total. The second-order valence-electron chi connectivity index (χ2n) is 7.88. The number of nitrogens with zero attached hydrogens (tertiary/aromatic N) is 4. The van der Waals surface area contributed by atoms with Crippen molar-refractivity contribution >= 4 is 40.0 Å². The van der Waals surface area contributed by atoms with Gasteiger partial charge >= 0.3 is 0 Å². The van der Waals surface area contributed by atoms with E-state index in [1.54, 1.807) is 6.20 Å². The van der Waals surface area contributed by atoms with Crippen LogP contribution in [0.15, 0.2) is 36.8 Å². The molecule has 29 heavy (non-hydrogen) atoms. The number of benzene rings is 1. The quantitative estimate of drug-likeness (QED) is 0.658. The zero-order valence-electron chi connectivity index (χ0n) is 16.0. The van der Waals surface area contributed by atoms with Crippen molar-refractivity contribution in [1.29, 1.82) is 0 Å². The maximum absolute atomic E-state index is 12.3. The van der Waals surface area contributed by atoms with E-state index in [0.29, 0.717) is 31.0 Å². The van der Waals surface area contributed by atoms with Gasteiger partial charge in [-0.2, -0.15) is 5.10 Å². The first-order valence-electron chi connectivity index (χ1n) is 9.62. The topological polar surface area (TPSA) is 80.1 Å². The average Bonchev–Trinajstić information content (AvgIpc) is 3.21. The van der Waals surface area contributed by atoms with Crippen LogP contribution in [0.5, 0.6) is 0 Å². The van der Waals surface area contributed by atoms with E-state index in [9.17, 15) is 9.59 Å². The predicted molar refractivity (Wildman–Crippen MR) is 111 cm³/mol. The summed E-state index contributed by atoms with van der Waals surface area (Å²) in [7, 11) is 1.92. The number of aromatic nitrogens is 3. The van der Waals surface area contributed by atoms with Crippen molar-refractivity contribution < 1.29 is 9.59 Å². The molecule has 0 radical (unpaired) electrons. The van der Waals surface area contributed by atoms with Gasteiger partial charge in [0, 0.05) is 49.9 Å². The first-order valence-corrected chi connectivity index (χ1v) is 9.99. The fourth-order valence-corrected chi connectivity index (χ4v) is 4.82. The first kappa shape index (κ1) is 18.1. The van der Waals surface area contributed by atoms with E-state index < -0.39 is 5.41 Å². The Labute approximate surface area is 172 Å². The summed E-state index contributed by atoms with van der Waals surface area (Å²) in [6, 6.07) is 6.19. The number of fused-ring (bicyclic) bond motifs is 1. The van der Waals surface area contributed by atoms with Crippen molar-refractivity contribution in [2.45, 2.75) is 19.3 Å². The Bertz CT molecular complexity index is 1150. The lowest BCUT2D eigenvalue weighted by Gasteiger charge is -2.39. The lowest BCUT2D eigenvalue weighted by atomic mass is 9.77. The summed E-state index contributed by atoms with van der Waals surface area (Å²) in [5, 5.41) is 8.40. The summed E-state index contributed by atoms with van der Waals surface area (Å²) in [6.07, 6.45) is 6.87. The van der Waals surface area contributed by atoms with Crippen molar-refractivity contribution in [2.75, 3.05) is 18.0 Å². The van der Waals surface area contributed by atoms with Crippen molar-refractivity contribution in [3.05, 3.63) is 41.8 Å². The van der Waals surface area contributed by atoms with Gasteiger partial charge in [-0.25, -0.2) is 0 Å². The zero-order valence-corrected chi connectivity index (χ0v) is 16.7. The molecular weight excluding hydrogens is 390 g/mol. The number of hydrogen-bond acceptors (Lipinski definition) is 5. The van der Waals surface area contributed by atoms with Crippen LogP contribution >= 0.6 is 11.6 Å². The second kappa shape index (κ2) is 6.56. The van der Waals surface area contributed by atoms with Gasteiger partial charge in [0.1, 0.15) is 0 Å². The van der Waals surface area contributed by atoms with E-state index in [4.69, 9.17) is 11.6 Å². The minimum Gasteiger partial charge on any atom is -0.370 e. The van der Waals surface area contributed by atoms with Gasteiger partial charge in [-0.3, -0.25) is 24.6 Å². The van der Waals surface area contributed by atoms with Gasteiger partial charge in [-0.05, 0) is 30.5 Å². The monoisotopic (exact) mass is 409 g/mol. The largest absolute Gasteiger partial charge is 0.370 e. The van der Waals surface area contributed by atoms with Crippen molar-refractivity contribution in [1.82, 2.24) is 20.1 Å². The highest BCUT2D eigenvalue weighted by Crippen LogP contribution is 2.43. The minimum atomic E-state index is -0.568. The number of pyridine rings is 1. The Kier molecular flexibility index (Phi) is 4.10. The van der Waals surface area contributed by atoms with Gasteiger partial charge in [0.2, 0.25) is 11.8 Å². The van der Waals surface area contributed by atoms with Crippen LogP contribution in [0.25, 0.3) is 22.0 Å². The molecule has 0 atom stereocenters. The van der Waals surface area contributed by atoms with Crippen LogP contribution in [0, 0.1) is 5.41 Å². The number of anilines is 1. The Balaban J connectivity index is 1.50. The number of carbonyl (C=O) groups excluding carboxylic acids is 2. The number of hydrogen-bond donors (Lipinski definition) is 1. The van der Waals surface area contributed by atoms with E-state index in [1.165, 1.54) is 0 Å². The van der Waals surface area contributed by atoms with Gasteiger partial charge in [0.25, 0.3) is 0 Å². The summed E-state index contributed by atoms with van der Waals surface area (Å²) in [5.74, 6) is -0.305. The lowest BCUT2D eigenvalue weighted by molar-refractivity contribution is -0.129. The summed E-state index contributed by atoms with van der Waals surface area (Å²) < 4.78 is 1.84. The van der Waals surface area contributed by atoms with Crippen molar-refractivity contribution in [3.63, 3.8) is 0 Å². The molecule has 1 spiro atoms. The van der Waals surface area contributed by atoms with Crippen molar-refractivity contribution in [3.8, 4) is 11.1 Å². The molecule has 2 saturated heterocycles. The number of piperidine rings is 1. The molecule has 1 aromatic carbocycles. The molecule has 2 fully saturated rings. The van der Waals surface area contributed by atoms with Gasteiger partial charge in [0.15, 0.2) is 0 Å². The SMILES string of the molecule is Cn1ncc2cc(-c3cncc(Cl)c3N3CCC4(CC3)CC(=O)NC4=O)ccc21. The number of halogens is 1. The zero-order chi connectivity index (χ0) is 20.2. The summed E-state index contributed by atoms with van der Waals surface area (Å²) in [4.78, 5) is 30.5. The molecule has 5 rings (SSSR count). The molecule has 2 aliphatic heterocycles. The van der Waals surface area contributed by atoms with E-state index in [2.05, 4.69) is 32.4 Å². The standard InChI is InChI=1S/C21H20ClN5O2/c1-26-17-3-2-13(8-14(17)10-24-26)15-11-23-12-16(22)19(15)27-6-4-21(5-7-27)9-18(28)25-20(21)29/h2-3,8,10-12H,4-7,9H2,1H3,(H,25,28,29). The molecule has 8 heteroatoms. The molecule has 0 saturated carbocycles. The summed E-state index contributed by atoms with van der Waals surface area (Å²) >= 11 is 6.58. The molecule has 3 aromatic rings. The predicted octanol–water partition coefficient (Wildman–Crippen LogP) is 2.92. The highest BCUT2D eigenvalue weighted by molar-refractivity contribution is 6.34. The molecule has 148 valence electrons. The van der Waals surface area contributed by atoms with Crippen LogP contribution in [0.4, 0.5) is 5.69 Å². The van der Waals surface area contributed by atoms with Crippen LogP contribution < -0.4 is 10.2 Å². The summed E-state index contributed by atoms with van der Waals surface area (Å²) in [6.45, 7) is 1.32. The molecule has 0 unspecified atom stereocenters. The molecular formula is C21H20ClN5O2. The number of nitrogens with one attached hydrogen (secondary N) is 1. The fraction of sp³-hybridized carbons (Fsp3) is 0.333. The van der Waals surface area contributed by atoms with Gasteiger partial charge < -0.3 is 4.90 Å². The van der Waals surface area contributed by atoms with Crippen LogP contribution in [-0.2, 0) is 16.6 Å². The Morgan fingerprint density at radius 3 is 2.66 bits per heavy atom. The Morgan fingerprint density at radius 2 is 1.93 bits per heavy atom. The molecule has 2 aliphatic rings. The Hall–Kier alpha value is -2.93. The van der Waals surface area contributed by atoms with Crippen molar-refractivity contribution in [2.24, 2.45) is 12.5 Å². The van der Waals surface area contributed by atoms with E-state index >= 15 is 0 Å². The van der Waals surface area contributed by atoms with Crippen LogP contribution in [0.2, 0.25) is 5.02 Å². The van der Waals surface area contributed by atoms with E-state index in [1.807, 2.05) is 30.2 Å². The summed E-state index contributed by atoms with van der Waals surface area (Å²) in [5.41, 5.74) is 3.38. The maximum atomic E-state index is 12.3. The first-order chi connectivity index (χ1) is 14.0. The van der Waals surface area contributed by atoms with Crippen LogP contribution in [-0.4, -0.2) is 39.7 Å². The van der Waals surface area contributed by atoms with E-state index in [-0.39, 0.29) is 18.2 Å². The molecule has 2 aromatic heterocycles. The molecule has 2 amide bonds. The number of aryl methyl sites for hydroxylation is 1. The van der Waals surface area contributed by atoms with Gasteiger partial charge in [-0.15, -0.1) is 0 Å². The highest BCUT2D eigenvalue weighted by atomic mass is 35.5. The second-order valence-corrected chi connectivity index (χ2v) is 8.29. The van der Waals surface area contributed by atoms with Gasteiger partial charge in [-0.1, -0.05) is 17.7 Å². The maximum Gasteiger partial charge on any atom is 0.233 e. The molecule has 7 nitrogen and oxygen atoms in total. The number of imide groups is 1.